The molecule has 0 spiro atoms. The van der Waals surface area contributed by atoms with Gasteiger partial charge in [-0.3, -0.25) is 4.79 Å². The molecular weight excluding hydrogens is 282 g/mol. The lowest BCUT2D eigenvalue weighted by molar-refractivity contribution is -0.112. The Labute approximate surface area is 135 Å². The zero-order chi connectivity index (χ0) is 15.8. The molecule has 0 N–H and O–H groups in total. The first kappa shape index (κ1) is 13.8. The minimum Gasteiger partial charge on any atom is -0.308 e. The Morgan fingerprint density at radius 3 is 2.52 bits per heavy atom. The molecule has 3 aromatic rings. The van der Waals surface area contributed by atoms with Gasteiger partial charge in [-0.1, -0.05) is 60.7 Å². The minimum atomic E-state index is 0.0848. The van der Waals surface area contributed by atoms with Crippen molar-refractivity contribution >= 4 is 34.0 Å². The molecule has 0 atom stereocenters. The Bertz CT molecular complexity index is 934. The lowest BCUT2D eigenvalue weighted by atomic mass is 10.00. The molecule has 0 saturated carbocycles. The predicted molar refractivity (Wildman–Crippen MR) is 96.3 cm³/mol. The lowest BCUT2D eigenvalue weighted by Crippen LogP contribution is -2.25. The van der Waals surface area contributed by atoms with Gasteiger partial charge in [0.15, 0.2) is 0 Å². The third-order valence-corrected chi connectivity index (χ3v) is 4.40. The Morgan fingerprint density at radius 1 is 0.913 bits per heavy atom. The number of hydrogen-bond acceptors (Lipinski definition) is 1. The van der Waals surface area contributed by atoms with Gasteiger partial charge in [0.1, 0.15) is 0 Å². The van der Waals surface area contributed by atoms with Crippen LogP contribution in [0.4, 0.5) is 5.69 Å². The van der Waals surface area contributed by atoms with E-state index in [1.165, 1.54) is 10.8 Å². The van der Waals surface area contributed by atoms with E-state index in [2.05, 4.69) is 24.3 Å². The Hall–Kier alpha value is -2.87. The zero-order valence-electron chi connectivity index (χ0n) is 13.0. The van der Waals surface area contributed by atoms with Crippen molar-refractivity contribution in [1.29, 1.82) is 0 Å². The summed E-state index contributed by atoms with van der Waals surface area (Å²) in [4.78, 5) is 14.6. The van der Waals surface area contributed by atoms with Crippen LogP contribution in [0.1, 0.15) is 18.1 Å². The standard InChI is InChI=1S/C21H17NO/c1-2-22-20-13-6-5-12-18(20)19(21(22)23)14-16-10-7-9-15-8-3-4-11-17(15)16/h3-14H,2H2,1H3/b19-14-. The van der Waals surface area contributed by atoms with Crippen LogP contribution in [-0.4, -0.2) is 12.5 Å². The number of carbonyl (C=O) groups excluding carboxylic acids is 1. The van der Waals surface area contributed by atoms with Gasteiger partial charge in [-0.2, -0.15) is 0 Å². The number of benzene rings is 3. The molecule has 0 aliphatic carbocycles. The average molecular weight is 299 g/mol. The van der Waals surface area contributed by atoms with Crippen LogP contribution in [0.3, 0.4) is 0 Å². The molecule has 2 nitrogen and oxygen atoms in total. The van der Waals surface area contributed by atoms with Crippen LogP contribution < -0.4 is 4.90 Å². The number of rotatable bonds is 2. The first-order chi connectivity index (χ1) is 11.3. The molecule has 4 rings (SSSR count). The lowest BCUT2D eigenvalue weighted by Gasteiger charge is -2.13. The van der Waals surface area contributed by atoms with Gasteiger partial charge in [0.2, 0.25) is 0 Å². The zero-order valence-corrected chi connectivity index (χ0v) is 13.0. The van der Waals surface area contributed by atoms with Gasteiger partial charge < -0.3 is 4.90 Å². The summed E-state index contributed by atoms with van der Waals surface area (Å²) < 4.78 is 0. The van der Waals surface area contributed by atoms with Crippen LogP contribution in [0.5, 0.6) is 0 Å². The van der Waals surface area contributed by atoms with Crippen molar-refractivity contribution in [3.8, 4) is 0 Å². The van der Waals surface area contributed by atoms with E-state index in [0.29, 0.717) is 6.54 Å². The fourth-order valence-electron chi connectivity index (χ4n) is 3.29. The molecule has 0 fully saturated rings. The highest BCUT2D eigenvalue weighted by Crippen LogP contribution is 2.38. The van der Waals surface area contributed by atoms with Gasteiger partial charge in [0.05, 0.1) is 5.69 Å². The van der Waals surface area contributed by atoms with E-state index in [4.69, 9.17) is 0 Å². The highest BCUT2D eigenvalue weighted by molar-refractivity contribution is 6.36. The second kappa shape index (κ2) is 5.40. The molecule has 0 bridgehead atoms. The van der Waals surface area contributed by atoms with Gasteiger partial charge in [0, 0.05) is 17.7 Å². The number of likely N-dealkylation sites (N-methyl/N-ethyl adjacent to an activating group) is 1. The quantitative estimate of drug-likeness (QED) is 0.625. The fourth-order valence-corrected chi connectivity index (χ4v) is 3.29. The minimum absolute atomic E-state index is 0.0848. The monoisotopic (exact) mass is 299 g/mol. The number of amides is 1. The summed E-state index contributed by atoms with van der Waals surface area (Å²) >= 11 is 0. The second-order valence-electron chi connectivity index (χ2n) is 5.69. The molecule has 1 aliphatic heterocycles. The number of para-hydroxylation sites is 1. The van der Waals surface area contributed by atoms with E-state index in [0.717, 1.165) is 22.4 Å². The summed E-state index contributed by atoms with van der Waals surface area (Å²) in [7, 11) is 0. The maximum atomic E-state index is 12.8. The number of hydrogen-bond donors (Lipinski definition) is 0. The van der Waals surface area contributed by atoms with Crippen LogP contribution in [0.15, 0.2) is 66.7 Å². The summed E-state index contributed by atoms with van der Waals surface area (Å²) in [5.74, 6) is 0.0848. The number of fused-ring (bicyclic) bond motifs is 2. The van der Waals surface area contributed by atoms with E-state index in [1.807, 2.05) is 60.4 Å². The summed E-state index contributed by atoms with van der Waals surface area (Å²) in [6.45, 7) is 2.69. The van der Waals surface area contributed by atoms with E-state index in [-0.39, 0.29) is 5.91 Å². The molecule has 0 aromatic heterocycles. The van der Waals surface area contributed by atoms with Crippen LogP contribution in [0.25, 0.3) is 22.4 Å². The van der Waals surface area contributed by atoms with Crippen LogP contribution in [0.2, 0.25) is 0 Å². The highest BCUT2D eigenvalue weighted by Gasteiger charge is 2.30. The van der Waals surface area contributed by atoms with Gasteiger partial charge in [0.25, 0.3) is 5.91 Å². The maximum absolute atomic E-state index is 12.8. The third kappa shape index (κ3) is 2.15. The van der Waals surface area contributed by atoms with Crippen molar-refractivity contribution < 1.29 is 4.79 Å². The smallest absolute Gasteiger partial charge is 0.258 e. The topological polar surface area (TPSA) is 20.3 Å². The van der Waals surface area contributed by atoms with Crippen LogP contribution in [0, 0.1) is 0 Å². The number of carbonyl (C=O) groups is 1. The third-order valence-electron chi connectivity index (χ3n) is 4.40. The highest BCUT2D eigenvalue weighted by atomic mass is 16.2. The van der Waals surface area contributed by atoms with Crippen molar-refractivity contribution in [2.75, 3.05) is 11.4 Å². The normalized spacial score (nSPS) is 15.4. The molecule has 3 aromatic carbocycles. The predicted octanol–water partition coefficient (Wildman–Crippen LogP) is 4.75. The van der Waals surface area contributed by atoms with Crippen molar-refractivity contribution in [1.82, 2.24) is 0 Å². The molecule has 23 heavy (non-hydrogen) atoms. The summed E-state index contributed by atoms with van der Waals surface area (Å²) in [6.07, 6.45) is 2.03. The molecule has 1 amide bonds. The SMILES string of the molecule is CCN1C(=O)/C(=C\c2cccc3ccccc23)c2ccccc21. The number of anilines is 1. The van der Waals surface area contributed by atoms with Gasteiger partial charge in [-0.15, -0.1) is 0 Å². The maximum Gasteiger partial charge on any atom is 0.258 e. The van der Waals surface area contributed by atoms with Gasteiger partial charge in [-0.05, 0) is 35.4 Å². The molecule has 0 radical (unpaired) electrons. The fraction of sp³-hybridized carbons (Fsp3) is 0.0952. The summed E-state index contributed by atoms with van der Waals surface area (Å²) in [5.41, 5.74) is 3.89. The van der Waals surface area contributed by atoms with Crippen molar-refractivity contribution in [3.63, 3.8) is 0 Å². The first-order valence-electron chi connectivity index (χ1n) is 7.90. The van der Waals surface area contributed by atoms with E-state index in [9.17, 15) is 4.79 Å². The molecular formula is C21H17NO. The van der Waals surface area contributed by atoms with Crippen molar-refractivity contribution in [2.45, 2.75) is 6.92 Å². The average Bonchev–Trinajstić information content (AvgIpc) is 2.87. The van der Waals surface area contributed by atoms with Gasteiger partial charge in [-0.25, -0.2) is 0 Å². The first-order valence-corrected chi connectivity index (χ1v) is 7.90. The van der Waals surface area contributed by atoms with E-state index in [1.54, 1.807) is 0 Å². The largest absolute Gasteiger partial charge is 0.308 e. The molecule has 0 saturated heterocycles. The van der Waals surface area contributed by atoms with Crippen LogP contribution >= 0.6 is 0 Å². The van der Waals surface area contributed by atoms with Crippen molar-refractivity contribution in [3.05, 3.63) is 77.9 Å². The van der Waals surface area contributed by atoms with Gasteiger partial charge >= 0.3 is 0 Å². The Balaban J connectivity index is 1.93. The Morgan fingerprint density at radius 2 is 1.65 bits per heavy atom. The van der Waals surface area contributed by atoms with Crippen molar-refractivity contribution in [2.24, 2.45) is 0 Å². The summed E-state index contributed by atoms with van der Waals surface area (Å²) in [6, 6.07) is 22.5. The second-order valence-corrected chi connectivity index (χ2v) is 5.69. The molecule has 1 aliphatic rings. The van der Waals surface area contributed by atoms with E-state index < -0.39 is 0 Å². The Kier molecular flexibility index (Phi) is 3.23. The molecule has 112 valence electrons. The van der Waals surface area contributed by atoms with Crippen LogP contribution in [-0.2, 0) is 4.79 Å². The molecule has 0 unspecified atom stereocenters. The molecule has 1 heterocycles. The molecule has 2 heteroatoms. The number of nitrogens with zero attached hydrogens (tertiary/aromatic N) is 1. The summed E-state index contributed by atoms with van der Waals surface area (Å²) in [5, 5.41) is 2.36. The van der Waals surface area contributed by atoms with E-state index >= 15 is 0 Å².